The van der Waals surface area contributed by atoms with Crippen LogP contribution >= 0.6 is 23.1 Å². The third-order valence-electron chi connectivity index (χ3n) is 5.05. The van der Waals surface area contributed by atoms with Crippen molar-refractivity contribution in [1.82, 2.24) is 13.9 Å². The Morgan fingerprint density at radius 3 is 2.88 bits per heavy atom. The van der Waals surface area contributed by atoms with Crippen molar-refractivity contribution in [3.8, 4) is 0 Å². The molecule has 9 nitrogen and oxygen atoms in total. The lowest BCUT2D eigenvalue weighted by atomic mass is 10.2. The average molecular weight is 496 g/mol. The number of aromatic nitrogens is 2. The van der Waals surface area contributed by atoms with E-state index in [0.29, 0.717) is 41.3 Å². The fraction of sp³-hybridized carbons (Fsp3) is 0.400. The lowest BCUT2D eigenvalue weighted by molar-refractivity contribution is 0.440. The highest BCUT2D eigenvalue weighted by Crippen LogP contribution is 2.29. The number of allylic oxidation sites excluding steroid dienone is 1. The molecule has 0 atom stereocenters. The van der Waals surface area contributed by atoms with Crippen LogP contribution in [0.2, 0.25) is 0 Å². The van der Waals surface area contributed by atoms with Crippen molar-refractivity contribution >= 4 is 51.8 Å². The van der Waals surface area contributed by atoms with Crippen LogP contribution in [0, 0.1) is 0 Å². The van der Waals surface area contributed by atoms with Gasteiger partial charge in [-0.25, -0.2) is 17.5 Å². The van der Waals surface area contributed by atoms with Gasteiger partial charge in [0.25, 0.3) is 15.6 Å². The number of hydrogen-bond acceptors (Lipinski definition) is 8. The van der Waals surface area contributed by atoms with E-state index in [1.54, 1.807) is 47.8 Å². The predicted molar refractivity (Wildman–Crippen MR) is 132 cm³/mol. The summed E-state index contributed by atoms with van der Waals surface area (Å²) in [5.74, 6) is 1.44. The maximum Gasteiger partial charge on any atom is 0.328 e. The molecule has 3 rings (SSSR count). The number of hydrogen-bond donors (Lipinski definition) is 1. The van der Waals surface area contributed by atoms with Crippen LogP contribution < -0.4 is 11.2 Å². The fourth-order valence-electron chi connectivity index (χ4n) is 3.35. The Balaban J connectivity index is 1.72. The van der Waals surface area contributed by atoms with Crippen molar-refractivity contribution in [3.63, 3.8) is 0 Å². The Bertz CT molecular complexity index is 1270. The molecule has 2 aromatic rings. The molecule has 32 heavy (non-hydrogen) atoms. The van der Waals surface area contributed by atoms with Crippen LogP contribution in [0.25, 0.3) is 5.70 Å². The Labute approximate surface area is 194 Å². The average Bonchev–Trinajstić information content (AvgIpc) is 3.27. The summed E-state index contributed by atoms with van der Waals surface area (Å²) < 4.78 is 29.0. The van der Waals surface area contributed by atoms with E-state index in [1.807, 2.05) is 0 Å². The molecule has 0 amide bonds. The minimum absolute atomic E-state index is 0.202. The van der Waals surface area contributed by atoms with Gasteiger partial charge in [-0.15, -0.1) is 11.3 Å². The van der Waals surface area contributed by atoms with Gasteiger partial charge in [0.05, 0.1) is 10.6 Å². The summed E-state index contributed by atoms with van der Waals surface area (Å²) in [4.78, 5) is 35.2. The zero-order valence-electron chi connectivity index (χ0n) is 17.9. The lowest BCUT2D eigenvalue weighted by Gasteiger charge is -2.21. The molecule has 0 fully saturated rings. The minimum atomic E-state index is -3.69. The molecule has 172 valence electrons. The van der Waals surface area contributed by atoms with Crippen molar-refractivity contribution in [2.75, 3.05) is 26.4 Å². The SMILES string of the molecule is C=N/C(=C\C=NC)c1ccc(S(=O)(=O)N(C)CCCn2c3c(c(=O)[nH]c2=O)CSCC3)s1. The summed E-state index contributed by atoms with van der Waals surface area (Å²) in [5.41, 5.74) is 1.18. The molecule has 0 bridgehead atoms. The van der Waals surface area contributed by atoms with Crippen LogP contribution in [0.4, 0.5) is 0 Å². The second-order valence-electron chi connectivity index (χ2n) is 7.05. The van der Waals surface area contributed by atoms with Crippen molar-refractivity contribution in [2.45, 2.75) is 29.3 Å². The third kappa shape index (κ3) is 5.20. The quantitative estimate of drug-likeness (QED) is 0.533. The van der Waals surface area contributed by atoms with Gasteiger partial charge in [0.2, 0.25) is 0 Å². The third-order valence-corrected chi connectivity index (χ3v) is 9.47. The summed E-state index contributed by atoms with van der Waals surface area (Å²) in [6.45, 7) is 4.09. The Morgan fingerprint density at radius 2 is 2.16 bits per heavy atom. The van der Waals surface area contributed by atoms with E-state index in [0.717, 1.165) is 22.8 Å². The molecule has 0 saturated carbocycles. The first kappa shape index (κ1) is 24.4. The molecule has 1 N–H and O–H groups in total. The predicted octanol–water partition coefficient (Wildman–Crippen LogP) is 1.84. The van der Waals surface area contributed by atoms with E-state index >= 15 is 0 Å². The van der Waals surface area contributed by atoms with Crippen molar-refractivity contribution in [3.05, 3.63) is 55.2 Å². The molecular formula is C20H25N5O4S3. The molecule has 2 aromatic heterocycles. The Kier molecular flexibility index (Phi) is 8.04. The summed E-state index contributed by atoms with van der Waals surface area (Å²) in [6.07, 6.45) is 4.33. The molecule has 0 spiro atoms. The molecule has 1 aliphatic heterocycles. The van der Waals surface area contributed by atoms with E-state index in [4.69, 9.17) is 0 Å². The van der Waals surface area contributed by atoms with Gasteiger partial charge in [0.15, 0.2) is 0 Å². The molecule has 0 unspecified atom stereocenters. The highest BCUT2D eigenvalue weighted by Gasteiger charge is 2.24. The van der Waals surface area contributed by atoms with Gasteiger partial charge in [-0.1, -0.05) is 0 Å². The summed E-state index contributed by atoms with van der Waals surface area (Å²) >= 11 is 2.78. The number of nitrogens with one attached hydrogen (secondary N) is 1. The maximum absolute atomic E-state index is 13.0. The molecule has 3 heterocycles. The van der Waals surface area contributed by atoms with Crippen LogP contribution in [-0.2, 0) is 28.7 Å². The molecule has 12 heteroatoms. The Morgan fingerprint density at radius 1 is 1.38 bits per heavy atom. The van der Waals surface area contributed by atoms with Gasteiger partial charge < -0.3 is 0 Å². The van der Waals surface area contributed by atoms with Gasteiger partial charge in [-0.05, 0) is 43.5 Å². The summed E-state index contributed by atoms with van der Waals surface area (Å²) in [6, 6.07) is 3.24. The van der Waals surface area contributed by atoms with E-state index in [9.17, 15) is 18.0 Å². The standard InChI is InChI=1S/C20H25N5O4S3/c1-21-9-7-15(22-2)17-5-6-18(31-17)32(28,29)24(3)10-4-11-25-16-8-12-30-13-14(16)19(26)23-20(25)27/h5-7,9H,2,4,8,10-13H2,1,3H3,(H,23,26,27)/b15-7-,21-9?. The number of fused-ring (bicyclic) bond motifs is 1. The summed E-state index contributed by atoms with van der Waals surface area (Å²) in [7, 11) is -0.541. The number of aromatic amines is 1. The van der Waals surface area contributed by atoms with Crippen molar-refractivity contribution in [1.29, 1.82) is 0 Å². The number of nitrogens with zero attached hydrogens (tertiary/aromatic N) is 4. The highest BCUT2D eigenvalue weighted by atomic mass is 32.2. The topological polar surface area (TPSA) is 117 Å². The summed E-state index contributed by atoms with van der Waals surface area (Å²) in [5, 5.41) is 0. The van der Waals surface area contributed by atoms with Gasteiger partial charge in [0, 0.05) is 50.4 Å². The van der Waals surface area contributed by atoms with Gasteiger partial charge in [-0.3, -0.25) is 24.3 Å². The fourth-order valence-corrected chi connectivity index (χ4v) is 7.05. The highest BCUT2D eigenvalue weighted by molar-refractivity contribution is 7.98. The Hall–Kier alpha value is -2.28. The number of thioether (sulfide) groups is 1. The van der Waals surface area contributed by atoms with Crippen molar-refractivity contribution in [2.24, 2.45) is 9.98 Å². The molecule has 0 aromatic carbocycles. The van der Waals surface area contributed by atoms with Gasteiger partial charge >= 0.3 is 5.69 Å². The number of sulfonamides is 1. The van der Waals surface area contributed by atoms with E-state index < -0.39 is 15.7 Å². The number of rotatable bonds is 9. The van der Waals surface area contributed by atoms with Crippen LogP contribution in [-0.4, -0.2) is 61.6 Å². The first-order chi connectivity index (χ1) is 15.3. The lowest BCUT2D eigenvalue weighted by Crippen LogP contribution is -2.37. The molecular weight excluding hydrogens is 470 g/mol. The van der Waals surface area contributed by atoms with Gasteiger partial charge in [-0.2, -0.15) is 11.8 Å². The van der Waals surface area contributed by atoms with Crippen LogP contribution in [0.3, 0.4) is 0 Å². The first-order valence-corrected chi connectivity index (χ1v) is 13.3. The molecule has 0 aliphatic carbocycles. The van der Waals surface area contributed by atoms with Crippen molar-refractivity contribution < 1.29 is 8.42 Å². The van der Waals surface area contributed by atoms with Crippen LogP contribution in [0.15, 0.2) is 42.0 Å². The number of H-pyrrole nitrogens is 1. The number of thiophene rings is 1. The maximum atomic E-state index is 13.0. The molecule has 0 radical (unpaired) electrons. The molecule has 0 saturated heterocycles. The van der Waals surface area contributed by atoms with E-state index in [1.165, 1.54) is 11.4 Å². The normalized spacial score (nSPS) is 14.8. The van der Waals surface area contributed by atoms with E-state index in [2.05, 4.69) is 21.7 Å². The second-order valence-corrected chi connectivity index (χ2v) is 11.5. The number of aliphatic imine (C=N–C) groups is 2. The molecule has 1 aliphatic rings. The minimum Gasteiger partial charge on any atom is -0.297 e. The van der Waals surface area contributed by atoms with E-state index in [-0.39, 0.29) is 16.3 Å². The second kappa shape index (κ2) is 10.6. The van der Waals surface area contributed by atoms with Gasteiger partial charge in [0.1, 0.15) is 4.21 Å². The van der Waals surface area contributed by atoms with Crippen LogP contribution in [0.5, 0.6) is 0 Å². The largest absolute Gasteiger partial charge is 0.328 e. The smallest absolute Gasteiger partial charge is 0.297 e. The zero-order chi connectivity index (χ0) is 23.3. The first-order valence-electron chi connectivity index (χ1n) is 9.88. The zero-order valence-corrected chi connectivity index (χ0v) is 20.4. The van der Waals surface area contributed by atoms with Crippen LogP contribution in [0.1, 0.15) is 22.6 Å². The monoisotopic (exact) mass is 495 g/mol.